The first-order chi connectivity index (χ1) is 7.65. The predicted molar refractivity (Wildman–Crippen MR) is 55.7 cm³/mol. The van der Waals surface area contributed by atoms with Gasteiger partial charge in [-0.15, -0.1) is 5.10 Å². The largest absolute Gasteiger partial charge is 0.481 e. The van der Waals surface area contributed by atoms with E-state index in [0.717, 1.165) is 5.69 Å². The van der Waals surface area contributed by atoms with Crippen molar-refractivity contribution in [1.29, 1.82) is 0 Å². The summed E-state index contributed by atoms with van der Waals surface area (Å²) in [5.41, 5.74) is 2.59. The highest BCUT2D eigenvalue weighted by Gasteiger charge is 2.08. The smallest absolute Gasteiger partial charge is 0.309 e. The van der Waals surface area contributed by atoms with Crippen molar-refractivity contribution < 1.29 is 9.90 Å². The minimum absolute atomic E-state index is 0.0771. The van der Waals surface area contributed by atoms with Crippen molar-refractivity contribution in [2.75, 3.05) is 0 Å². The van der Waals surface area contributed by atoms with E-state index in [-0.39, 0.29) is 6.42 Å². The van der Waals surface area contributed by atoms with Crippen LogP contribution in [0.3, 0.4) is 0 Å². The Morgan fingerprint density at radius 3 is 2.81 bits per heavy atom. The molecule has 0 aliphatic rings. The SMILES string of the molecule is Cc1ccc(-c2cc(CC(=O)O)[nH]n2)nn1. The van der Waals surface area contributed by atoms with Gasteiger partial charge in [-0.05, 0) is 25.1 Å². The lowest BCUT2D eigenvalue weighted by atomic mass is 10.2. The van der Waals surface area contributed by atoms with E-state index >= 15 is 0 Å². The maximum atomic E-state index is 10.5. The number of aliphatic carboxylic acids is 1. The molecule has 0 aliphatic heterocycles. The molecule has 0 bridgehead atoms. The fourth-order valence-corrected chi connectivity index (χ4v) is 1.28. The molecule has 0 saturated heterocycles. The second-order valence-electron chi connectivity index (χ2n) is 3.41. The van der Waals surface area contributed by atoms with Gasteiger partial charge in [0.15, 0.2) is 0 Å². The summed E-state index contributed by atoms with van der Waals surface area (Å²) in [4.78, 5) is 10.5. The third-order valence-corrected chi connectivity index (χ3v) is 2.03. The minimum atomic E-state index is -0.898. The lowest BCUT2D eigenvalue weighted by molar-refractivity contribution is -0.136. The van der Waals surface area contributed by atoms with E-state index in [1.807, 2.05) is 13.0 Å². The third kappa shape index (κ3) is 2.22. The van der Waals surface area contributed by atoms with Crippen LogP contribution in [-0.2, 0) is 11.2 Å². The van der Waals surface area contributed by atoms with Gasteiger partial charge in [-0.3, -0.25) is 9.89 Å². The monoisotopic (exact) mass is 218 g/mol. The molecule has 2 heterocycles. The van der Waals surface area contributed by atoms with Gasteiger partial charge in [-0.2, -0.15) is 10.2 Å². The van der Waals surface area contributed by atoms with Crippen molar-refractivity contribution in [3.63, 3.8) is 0 Å². The number of carboxylic acid groups (broad SMARTS) is 1. The van der Waals surface area contributed by atoms with Crippen LogP contribution < -0.4 is 0 Å². The van der Waals surface area contributed by atoms with Crippen LogP contribution >= 0.6 is 0 Å². The van der Waals surface area contributed by atoms with E-state index in [4.69, 9.17) is 5.11 Å². The zero-order valence-electron chi connectivity index (χ0n) is 8.64. The Bertz CT molecular complexity index is 504. The van der Waals surface area contributed by atoms with Crippen molar-refractivity contribution in [1.82, 2.24) is 20.4 Å². The maximum Gasteiger partial charge on any atom is 0.309 e. The molecule has 0 saturated carbocycles. The molecule has 2 N–H and O–H groups in total. The number of hydrogen-bond acceptors (Lipinski definition) is 4. The molecule has 0 spiro atoms. The van der Waals surface area contributed by atoms with E-state index < -0.39 is 5.97 Å². The van der Waals surface area contributed by atoms with Crippen LogP contribution in [0.4, 0.5) is 0 Å². The van der Waals surface area contributed by atoms with Gasteiger partial charge in [0.1, 0.15) is 11.4 Å². The normalized spacial score (nSPS) is 10.3. The molecular formula is C10H10N4O2. The van der Waals surface area contributed by atoms with Gasteiger partial charge in [-0.25, -0.2) is 0 Å². The van der Waals surface area contributed by atoms with Crippen molar-refractivity contribution in [3.8, 4) is 11.4 Å². The maximum absolute atomic E-state index is 10.5. The Morgan fingerprint density at radius 1 is 1.38 bits per heavy atom. The molecule has 0 unspecified atom stereocenters. The minimum Gasteiger partial charge on any atom is -0.481 e. The molecule has 6 heteroatoms. The molecule has 0 amide bonds. The zero-order valence-corrected chi connectivity index (χ0v) is 8.64. The number of carboxylic acids is 1. The Hall–Kier alpha value is -2.24. The first-order valence-electron chi connectivity index (χ1n) is 4.72. The fourth-order valence-electron chi connectivity index (χ4n) is 1.28. The van der Waals surface area contributed by atoms with Crippen molar-refractivity contribution >= 4 is 5.97 Å². The van der Waals surface area contributed by atoms with Crippen molar-refractivity contribution in [2.24, 2.45) is 0 Å². The predicted octanol–water partition coefficient (Wildman–Crippen LogP) is 0.802. The molecule has 2 rings (SSSR count). The quantitative estimate of drug-likeness (QED) is 0.795. The molecule has 6 nitrogen and oxygen atoms in total. The number of aromatic nitrogens is 4. The molecule has 0 aliphatic carbocycles. The molecule has 0 fully saturated rings. The van der Waals surface area contributed by atoms with Crippen LogP contribution in [0.15, 0.2) is 18.2 Å². The first-order valence-corrected chi connectivity index (χ1v) is 4.72. The van der Waals surface area contributed by atoms with Crippen LogP contribution in [0.1, 0.15) is 11.4 Å². The van der Waals surface area contributed by atoms with E-state index in [1.54, 1.807) is 12.1 Å². The Kier molecular flexibility index (Phi) is 2.63. The first kappa shape index (κ1) is 10.3. The average molecular weight is 218 g/mol. The second kappa shape index (κ2) is 4.09. The zero-order chi connectivity index (χ0) is 11.5. The highest BCUT2D eigenvalue weighted by Crippen LogP contribution is 2.14. The summed E-state index contributed by atoms with van der Waals surface area (Å²) in [6.07, 6.45) is -0.0771. The summed E-state index contributed by atoms with van der Waals surface area (Å²) in [6, 6.07) is 5.28. The van der Waals surface area contributed by atoms with Gasteiger partial charge in [0.05, 0.1) is 12.1 Å². The highest BCUT2D eigenvalue weighted by molar-refractivity contribution is 5.70. The number of rotatable bonds is 3. The molecule has 2 aromatic rings. The summed E-state index contributed by atoms with van der Waals surface area (Å²) in [7, 11) is 0. The van der Waals surface area contributed by atoms with Crippen molar-refractivity contribution in [2.45, 2.75) is 13.3 Å². The van der Waals surface area contributed by atoms with Gasteiger partial charge in [0, 0.05) is 5.69 Å². The Balaban J connectivity index is 2.24. The number of carbonyl (C=O) groups is 1. The number of H-pyrrole nitrogens is 1. The van der Waals surface area contributed by atoms with Crippen LogP contribution in [0.2, 0.25) is 0 Å². The second-order valence-corrected chi connectivity index (χ2v) is 3.41. The van der Waals surface area contributed by atoms with Crippen LogP contribution in [0.25, 0.3) is 11.4 Å². The van der Waals surface area contributed by atoms with Gasteiger partial charge < -0.3 is 5.11 Å². The van der Waals surface area contributed by atoms with Gasteiger partial charge >= 0.3 is 5.97 Å². The van der Waals surface area contributed by atoms with E-state index in [0.29, 0.717) is 17.1 Å². The topological polar surface area (TPSA) is 91.8 Å². The number of nitrogens with zero attached hydrogens (tertiary/aromatic N) is 3. The molecule has 16 heavy (non-hydrogen) atoms. The number of nitrogens with one attached hydrogen (secondary N) is 1. The summed E-state index contributed by atoms with van der Waals surface area (Å²) in [5, 5.41) is 23.1. The van der Waals surface area contributed by atoms with Crippen molar-refractivity contribution in [3.05, 3.63) is 29.6 Å². The molecular weight excluding hydrogens is 208 g/mol. The van der Waals surface area contributed by atoms with E-state index in [9.17, 15) is 4.79 Å². The molecule has 0 aromatic carbocycles. The van der Waals surface area contributed by atoms with Gasteiger partial charge in [0.25, 0.3) is 0 Å². The summed E-state index contributed by atoms with van der Waals surface area (Å²) >= 11 is 0. The van der Waals surface area contributed by atoms with E-state index in [2.05, 4.69) is 20.4 Å². The highest BCUT2D eigenvalue weighted by atomic mass is 16.4. The number of aromatic amines is 1. The van der Waals surface area contributed by atoms with Gasteiger partial charge in [0.2, 0.25) is 0 Å². The standard InChI is InChI=1S/C10H10N4O2/c1-6-2-3-8(13-11-6)9-4-7(12-14-9)5-10(15)16/h2-4H,5H2,1H3,(H,12,14)(H,15,16). The van der Waals surface area contributed by atoms with Crippen LogP contribution in [-0.4, -0.2) is 31.5 Å². The van der Waals surface area contributed by atoms with Crippen LogP contribution in [0, 0.1) is 6.92 Å². The number of aryl methyl sites for hydroxylation is 1. The number of hydrogen-bond donors (Lipinski definition) is 2. The van der Waals surface area contributed by atoms with Crippen LogP contribution in [0.5, 0.6) is 0 Å². The summed E-state index contributed by atoms with van der Waals surface area (Å²) in [6.45, 7) is 1.84. The molecule has 0 atom stereocenters. The average Bonchev–Trinajstić information content (AvgIpc) is 2.66. The molecule has 0 radical (unpaired) electrons. The third-order valence-electron chi connectivity index (χ3n) is 2.03. The van der Waals surface area contributed by atoms with Gasteiger partial charge in [-0.1, -0.05) is 0 Å². The lowest BCUT2D eigenvalue weighted by Gasteiger charge is -1.93. The summed E-state index contributed by atoms with van der Waals surface area (Å²) < 4.78 is 0. The fraction of sp³-hybridized carbons (Fsp3) is 0.200. The lowest BCUT2D eigenvalue weighted by Crippen LogP contribution is -1.99. The summed E-state index contributed by atoms with van der Waals surface area (Å²) in [5.74, 6) is -0.898. The van der Waals surface area contributed by atoms with E-state index in [1.165, 1.54) is 0 Å². The molecule has 2 aromatic heterocycles. The Morgan fingerprint density at radius 2 is 2.19 bits per heavy atom. The molecule has 82 valence electrons. The Labute approximate surface area is 91.3 Å².